The van der Waals surface area contributed by atoms with Crippen LogP contribution >= 0.6 is 11.8 Å². The molecule has 2 rings (SSSR count). The largest absolute Gasteiger partial charge is 0.352 e. The van der Waals surface area contributed by atoms with E-state index in [0.717, 1.165) is 17.7 Å². The van der Waals surface area contributed by atoms with E-state index in [-0.39, 0.29) is 29.9 Å². The van der Waals surface area contributed by atoms with Crippen LogP contribution < -0.4 is 10.6 Å². The van der Waals surface area contributed by atoms with Crippen molar-refractivity contribution in [2.45, 2.75) is 23.8 Å². The van der Waals surface area contributed by atoms with E-state index in [1.165, 1.54) is 23.9 Å². The minimum atomic E-state index is -0.300. The third-order valence-electron chi connectivity index (χ3n) is 2.57. The summed E-state index contributed by atoms with van der Waals surface area (Å²) in [6.45, 7) is 0.0132. The number of carbonyl (C=O) groups is 2. The lowest BCUT2D eigenvalue weighted by Gasteiger charge is -2.05. The number of benzene rings is 1. The van der Waals surface area contributed by atoms with E-state index >= 15 is 0 Å². The number of hydrogen-bond donors (Lipinski definition) is 2. The van der Waals surface area contributed by atoms with Gasteiger partial charge in [-0.2, -0.15) is 0 Å². The minimum Gasteiger partial charge on any atom is -0.352 e. The third kappa shape index (κ3) is 5.30. The fourth-order valence-electron chi connectivity index (χ4n) is 1.42. The molecule has 0 unspecified atom stereocenters. The van der Waals surface area contributed by atoms with Crippen molar-refractivity contribution in [1.29, 1.82) is 0 Å². The van der Waals surface area contributed by atoms with Gasteiger partial charge < -0.3 is 10.6 Å². The van der Waals surface area contributed by atoms with Gasteiger partial charge in [0.05, 0.1) is 12.3 Å². The molecule has 1 aromatic carbocycles. The van der Waals surface area contributed by atoms with Gasteiger partial charge in [-0.05, 0) is 37.1 Å². The van der Waals surface area contributed by atoms with Crippen molar-refractivity contribution in [2.24, 2.45) is 0 Å². The van der Waals surface area contributed by atoms with Gasteiger partial charge in [0, 0.05) is 10.9 Å². The highest BCUT2D eigenvalue weighted by Gasteiger charge is 2.23. The van der Waals surface area contributed by atoms with Crippen molar-refractivity contribution >= 4 is 23.6 Å². The minimum absolute atomic E-state index is 0.0132. The number of halogens is 1. The monoisotopic (exact) mass is 282 g/mol. The Morgan fingerprint density at radius 1 is 1.21 bits per heavy atom. The van der Waals surface area contributed by atoms with Gasteiger partial charge in [-0.15, -0.1) is 11.8 Å². The maximum atomic E-state index is 12.7. The topological polar surface area (TPSA) is 58.2 Å². The third-order valence-corrected chi connectivity index (χ3v) is 3.58. The van der Waals surface area contributed by atoms with E-state index in [2.05, 4.69) is 10.6 Å². The van der Waals surface area contributed by atoms with Gasteiger partial charge in [0.25, 0.3) is 0 Å². The molecule has 0 heterocycles. The first-order valence-corrected chi connectivity index (χ1v) is 7.06. The molecule has 4 nitrogen and oxygen atoms in total. The molecule has 19 heavy (non-hydrogen) atoms. The molecule has 0 aliphatic heterocycles. The first-order chi connectivity index (χ1) is 9.13. The normalized spacial score (nSPS) is 13.9. The zero-order valence-corrected chi connectivity index (χ0v) is 11.1. The number of thioether (sulfide) groups is 1. The zero-order valence-electron chi connectivity index (χ0n) is 10.3. The number of amides is 2. The van der Waals surface area contributed by atoms with Crippen LogP contribution in [0.3, 0.4) is 0 Å². The molecule has 0 aromatic heterocycles. The Hall–Kier alpha value is -1.56. The summed E-state index contributed by atoms with van der Waals surface area (Å²) in [5.74, 6) is -0.448. The van der Waals surface area contributed by atoms with Gasteiger partial charge >= 0.3 is 0 Å². The van der Waals surface area contributed by atoms with Crippen LogP contribution in [0.1, 0.15) is 12.8 Å². The fourth-order valence-corrected chi connectivity index (χ4v) is 2.14. The molecule has 0 radical (unpaired) electrons. The van der Waals surface area contributed by atoms with E-state index in [0.29, 0.717) is 6.04 Å². The van der Waals surface area contributed by atoms with Crippen molar-refractivity contribution in [3.05, 3.63) is 30.1 Å². The Morgan fingerprint density at radius 3 is 2.53 bits per heavy atom. The number of hydrogen-bond acceptors (Lipinski definition) is 3. The summed E-state index contributed by atoms with van der Waals surface area (Å²) in [4.78, 5) is 23.7. The van der Waals surface area contributed by atoms with E-state index < -0.39 is 0 Å². The van der Waals surface area contributed by atoms with Crippen LogP contribution in [0.4, 0.5) is 4.39 Å². The average molecular weight is 282 g/mol. The van der Waals surface area contributed by atoms with Crippen LogP contribution in [0, 0.1) is 5.82 Å². The second-order valence-corrected chi connectivity index (χ2v) is 5.41. The van der Waals surface area contributed by atoms with E-state index in [1.807, 2.05) is 0 Å². The van der Waals surface area contributed by atoms with E-state index in [4.69, 9.17) is 0 Å². The molecule has 1 fully saturated rings. The van der Waals surface area contributed by atoms with Gasteiger partial charge in [-0.3, -0.25) is 9.59 Å². The van der Waals surface area contributed by atoms with Crippen molar-refractivity contribution in [3.63, 3.8) is 0 Å². The van der Waals surface area contributed by atoms with Gasteiger partial charge in [0.15, 0.2) is 0 Å². The maximum absolute atomic E-state index is 12.7. The molecule has 0 saturated heterocycles. The molecular formula is C13H15FN2O2S. The highest BCUT2D eigenvalue weighted by molar-refractivity contribution is 8.00. The zero-order chi connectivity index (χ0) is 13.7. The molecule has 0 spiro atoms. The van der Waals surface area contributed by atoms with Crippen LogP contribution in [0.15, 0.2) is 29.2 Å². The molecule has 1 aliphatic rings. The Labute approximate surface area is 115 Å². The summed E-state index contributed by atoms with van der Waals surface area (Å²) in [7, 11) is 0. The fraction of sp³-hybridized carbons (Fsp3) is 0.385. The maximum Gasteiger partial charge on any atom is 0.239 e. The van der Waals surface area contributed by atoms with Gasteiger partial charge in [-0.25, -0.2) is 4.39 Å². The van der Waals surface area contributed by atoms with Crippen LogP contribution in [0.5, 0.6) is 0 Å². The number of nitrogens with one attached hydrogen (secondary N) is 2. The highest BCUT2D eigenvalue weighted by atomic mass is 32.2. The quantitative estimate of drug-likeness (QED) is 0.774. The van der Waals surface area contributed by atoms with Crippen LogP contribution in [0.25, 0.3) is 0 Å². The Morgan fingerprint density at radius 2 is 1.89 bits per heavy atom. The standard InChI is InChI=1S/C13H15FN2O2S/c14-9-1-5-11(6-2-9)19-8-13(18)15-7-12(17)16-10-3-4-10/h1-2,5-6,10H,3-4,7-8H2,(H,15,18)(H,16,17). The molecule has 1 aromatic rings. The lowest BCUT2D eigenvalue weighted by molar-refractivity contribution is -0.124. The lowest BCUT2D eigenvalue weighted by Crippen LogP contribution is -2.38. The number of carbonyl (C=O) groups excluding carboxylic acids is 2. The van der Waals surface area contributed by atoms with Gasteiger partial charge in [-0.1, -0.05) is 0 Å². The Balaban J connectivity index is 1.63. The van der Waals surface area contributed by atoms with Crippen molar-refractivity contribution < 1.29 is 14.0 Å². The second kappa shape index (κ2) is 6.56. The van der Waals surface area contributed by atoms with Crippen LogP contribution in [0.2, 0.25) is 0 Å². The van der Waals surface area contributed by atoms with Crippen molar-refractivity contribution in [3.8, 4) is 0 Å². The molecule has 0 bridgehead atoms. The molecule has 0 atom stereocenters. The van der Waals surface area contributed by atoms with Gasteiger partial charge in [0.1, 0.15) is 5.82 Å². The SMILES string of the molecule is O=C(CSc1ccc(F)cc1)NCC(=O)NC1CC1. The predicted octanol–water partition coefficient (Wildman–Crippen LogP) is 1.31. The second-order valence-electron chi connectivity index (χ2n) is 4.36. The Bertz CT molecular complexity index is 460. The van der Waals surface area contributed by atoms with E-state index in [1.54, 1.807) is 12.1 Å². The summed E-state index contributed by atoms with van der Waals surface area (Å²) >= 11 is 1.30. The lowest BCUT2D eigenvalue weighted by atomic mass is 10.4. The summed E-state index contributed by atoms with van der Waals surface area (Å²) in [6.07, 6.45) is 2.06. The molecule has 1 aliphatic carbocycles. The van der Waals surface area contributed by atoms with Gasteiger partial charge in [0.2, 0.25) is 11.8 Å². The Kier molecular flexibility index (Phi) is 4.79. The smallest absolute Gasteiger partial charge is 0.239 e. The average Bonchev–Trinajstić information content (AvgIpc) is 3.19. The summed E-state index contributed by atoms with van der Waals surface area (Å²) in [5.41, 5.74) is 0. The molecule has 2 amide bonds. The molecule has 2 N–H and O–H groups in total. The molecule has 6 heteroatoms. The summed E-state index contributed by atoms with van der Waals surface area (Å²) in [5, 5.41) is 5.34. The first kappa shape index (κ1) is 13.9. The van der Waals surface area contributed by atoms with Crippen LogP contribution in [-0.4, -0.2) is 30.2 Å². The first-order valence-electron chi connectivity index (χ1n) is 6.08. The number of rotatable bonds is 6. The molecular weight excluding hydrogens is 267 g/mol. The van der Waals surface area contributed by atoms with E-state index in [9.17, 15) is 14.0 Å². The van der Waals surface area contributed by atoms with Crippen molar-refractivity contribution in [1.82, 2.24) is 10.6 Å². The van der Waals surface area contributed by atoms with Crippen molar-refractivity contribution in [2.75, 3.05) is 12.3 Å². The van der Waals surface area contributed by atoms with Crippen LogP contribution in [-0.2, 0) is 9.59 Å². The molecule has 102 valence electrons. The predicted molar refractivity (Wildman–Crippen MR) is 71.3 cm³/mol. The highest BCUT2D eigenvalue weighted by Crippen LogP contribution is 2.18. The summed E-state index contributed by atoms with van der Waals surface area (Å²) in [6, 6.07) is 6.24. The molecule has 1 saturated carbocycles. The summed E-state index contributed by atoms with van der Waals surface area (Å²) < 4.78 is 12.7.